The Bertz CT molecular complexity index is 521. The van der Waals surface area contributed by atoms with Crippen molar-refractivity contribution in [1.82, 2.24) is 5.32 Å². The molecule has 1 N–H and O–H groups in total. The van der Waals surface area contributed by atoms with E-state index in [4.69, 9.17) is 11.6 Å². The Morgan fingerprint density at radius 2 is 1.90 bits per heavy atom. The van der Waals surface area contributed by atoms with Crippen molar-refractivity contribution in [3.8, 4) is 0 Å². The van der Waals surface area contributed by atoms with Gasteiger partial charge in [0, 0.05) is 23.2 Å². The Kier molecular flexibility index (Phi) is 5.17. The van der Waals surface area contributed by atoms with Gasteiger partial charge >= 0.3 is 0 Å². The molecule has 0 bridgehead atoms. The molecule has 0 radical (unpaired) electrons. The van der Waals surface area contributed by atoms with Gasteiger partial charge in [-0.1, -0.05) is 17.7 Å². The maximum Gasteiger partial charge on any atom is 0.240 e. The van der Waals surface area contributed by atoms with Crippen LogP contribution in [-0.4, -0.2) is 23.9 Å². The van der Waals surface area contributed by atoms with E-state index in [1.54, 1.807) is 12.1 Å². The number of carbonyl (C=O) groups is 2. The van der Waals surface area contributed by atoms with E-state index in [9.17, 15) is 9.59 Å². The molecule has 0 aliphatic rings. The Morgan fingerprint density at radius 1 is 1.30 bits per heavy atom. The van der Waals surface area contributed by atoms with Crippen molar-refractivity contribution in [2.24, 2.45) is 0 Å². The third kappa shape index (κ3) is 4.85. The van der Waals surface area contributed by atoms with Crippen LogP contribution in [0.4, 0.5) is 5.69 Å². The smallest absolute Gasteiger partial charge is 0.240 e. The van der Waals surface area contributed by atoms with E-state index < -0.39 is 0 Å². The van der Waals surface area contributed by atoms with Crippen LogP contribution in [0.25, 0.3) is 0 Å². The number of hydrogen-bond donors (Lipinski definition) is 1. The molecule has 1 aromatic carbocycles. The Hall–Kier alpha value is -1.55. The number of aryl methyl sites for hydroxylation is 1. The van der Waals surface area contributed by atoms with E-state index >= 15 is 0 Å². The lowest BCUT2D eigenvalue weighted by Gasteiger charge is -2.25. The van der Waals surface area contributed by atoms with Crippen molar-refractivity contribution in [2.45, 2.75) is 40.2 Å². The van der Waals surface area contributed by atoms with E-state index in [1.807, 2.05) is 33.8 Å². The molecular formula is C15H21ClN2O2. The van der Waals surface area contributed by atoms with Crippen molar-refractivity contribution in [3.05, 3.63) is 28.8 Å². The van der Waals surface area contributed by atoms with Crippen LogP contribution in [0.5, 0.6) is 0 Å². The number of hydrogen-bond acceptors (Lipinski definition) is 2. The highest BCUT2D eigenvalue weighted by Crippen LogP contribution is 2.23. The summed E-state index contributed by atoms with van der Waals surface area (Å²) in [6, 6.07) is 5.31. The molecular weight excluding hydrogens is 276 g/mol. The summed E-state index contributed by atoms with van der Waals surface area (Å²) in [6.45, 7) is 8.98. The fourth-order valence-electron chi connectivity index (χ4n) is 1.74. The van der Waals surface area contributed by atoms with Gasteiger partial charge in [0.2, 0.25) is 11.8 Å². The third-order valence-corrected chi connectivity index (χ3v) is 3.07. The van der Waals surface area contributed by atoms with Gasteiger partial charge in [-0.3, -0.25) is 9.59 Å². The standard InChI is InChI=1S/C15H21ClN2O2/c1-10-6-7-12(8-13(10)16)18(11(2)19)9-14(20)17-15(3,4)5/h6-8H,9H2,1-5H3,(H,17,20). The maximum absolute atomic E-state index is 12.0. The van der Waals surface area contributed by atoms with Crippen molar-refractivity contribution in [3.63, 3.8) is 0 Å². The fraction of sp³-hybridized carbons (Fsp3) is 0.467. The predicted molar refractivity (Wildman–Crippen MR) is 82.1 cm³/mol. The average molecular weight is 297 g/mol. The molecule has 20 heavy (non-hydrogen) atoms. The maximum atomic E-state index is 12.0. The zero-order chi connectivity index (χ0) is 15.5. The molecule has 0 fully saturated rings. The predicted octanol–water partition coefficient (Wildman–Crippen LogP) is 2.92. The molecule has 0 atom stereocenters. The number of rotatable bonds is 3. The number of amides is 2. The van der Waals surface area contributed by atoms with E-state index in [0.29, 0.717) is 10.7 Å². The summed E-state index contributed by atoms with van der Waals surface area (Å²) >= 11 is 6.07. The first-order chi connectivity index (χ1) is 9.10. The van der Waals surface area contributed by atoms with Crippen molar-refractivity contribution in [1.29, 1.82) is 0 Å². The van der Waals surface area contributed by atoms with Crippen LogP contribution in [-0.2, 0) is 9.59 Å². The minimum atomic E-state index is -0.329. The fourth-order valence-corrected chi connectivity index (χ4v) is 1.91. The molecule has 0 aliphatic heterocycles. The Balaban J connectivity index is 2.92. The lowest BCUT2D eigenvalue weighted by molar-refractivity contribution is -0.124. The van der Waals surface area contributed by atoms with Gasteiger partial charge in [-0.2, -0.15) is 0 Å². The monoisotopic (exact) mass is 296 g/mol. The number of benzene rings is 1. The summed E-state index contributed by atoms with van der Waals surface area (Å²) < 4.78 is 0. The molecule has 0 saturated heterocycles. The quantitative estimate of drug-likeness (QED) is 0.932. The Morgan fingerprint density at radius 3 is 2.35 bits per heavy atom. The molecule has 110 valence electrons. The van der Waals surface area contributed by atoms with Crippen LogP contribution in [0.15, 0.2) is 18.2 Å². The number of halogens is 1. The summed E-state index contributed by atoms with van der Waals surface area (Å²) in [5.74, 6) is -0.404. The highest BCUT2D eigenvalue weighted by atomic mass is 35.5. The molecule has 1 rings (SSSR count). The first-order valence-electron chi connectivity index (χ1n) is 6.45. The van der Waals surface area contributed by atoms with Crippen LogP contribution in [0.1, 0.15) is 33.3 Å². The summed E-state index contributed by atoms with van der Waals surface area (Å²) in [5.41, 5.74) is 1.22. The lowest BCUT2D eigenvalue weighted by Crippen LogP contribution is -2.47. The largest absolute Gasteiger partial charge is 0.350 e. The van der Waals surface area contributed by atoms with Crippen LogP contribution >= 0.6 is 11.6 Å². The van der Waals surface area contributed by atoms with Crippen molar-refractivity contribution in [2.75, 3.05) is 11.4 Å². The van der Waals surface area contributed by atoms with Crippen LogP contribution in [0, 0.1) is 6.92 Å². The van der Waals surface area contributed by atoms with E-state index in [2.05, 4.69) is 5.32 Å². The molecule has 0 aliphatic carbocycles. The topological polar surface area (TPSA) is 49.4 Å². The van der Waals surface area contributed by atoms with E-state index in [-0.39, 0.29) is 23.9 Å². The SMILES string of the molecule is CC(=O)N(CC(=O)NC(C)(C)C)c1ccc(C)c(Cl)c1. The highest BCUT2D eigenvalue weighted by molar-refractivity contribution is 6.31. The van der Waals surface area contributed by atoms with Crippen LogP contribution < -0.4 is 10.2 Å². The van der Waals surface area contributed by atoms with Crippen molar-refractivity contribution < 1.29 is 9.59 Å². The van der Waals surface area contributed by atoms with Gasteiger partial charge in [0.1, 0.15) is 6.54 Å². The van der Waals surface area contributed by atoms with Gasteiger partial charge in [0.15, 0.2) is 0 Å². The van der Waals surface area contributed by atoms with Gasteiger partial charge in [-0.05, 0) is 45.4 Å². The second-order valence-corrected chi connectivity index (χ2v) is 6.24. The zero-order valence-electron chi connectivity index (χ0n) is 12.6. The highest BCUT2D eigenvalue weighted by Gasteiger charge is 2.20. The lowest BCUT2D eigenvalue weighted by atomic mass is 10.1. The van der Waals surface area contributed by atoms with Crippen LogP contribution in [0.2, 0.25) is 5.02 Å². The number of nitrogens with one attached hydrogen (secondary N) is 1. The molecule has 0 aromatic heterocycles. The first kappa shape index (κ1) is 16.5. The molecule has 0 unspecified atom stereocenters. The van der Waals surface area contributed by atoms with Gasteiger partial charge in [-0.15, -0.1) is 0 Å². The third-order valence-electron chi connectivity index (χ3n) is 2.66. The normalized spacial score (nSPS) is 11.1. The molecule has 2 amide bonds. The van der Waals surface area contributed by atoms with Gasteiger partial charge in [-0.25, -0.2) is 0 Å². The molecule has 0 saturated carbocycles. The summed E-state index contributed by atoms with van der Waals surface area (Å²) in [6.07, 6.45) is 0. The minimum Gasteiger partial charge on any atom is -0.350 e. The van der Waals surface area contributed by atoms with Gasteiger partial charge in [0.05, 0.1) is 0 Å². The summed E-state index contributed by atoms with van der Waals surface area (Å²) in [7, 11) is 0. The molecule has 4 nitrogen and oxygen atoms in total. The molecule has 0 heterocycles. The first-order valence-corrected chi connectivity index (χ1v) is 6.83. The minimum absolute atomic E-state index is 0.0218. The van der Waals surface area contributed by atoms with Gasteiger partial charge in [0.25, 0.3) is 0 Å². The average Bonchev–Trinajstić information content (AvgIpc) is 2.27. The number of nitrogens with zero attached hydrogens (tertiary/aromatic N) is 1. The van der Waals surface area contributed by atoms with Crippen LogP contribution in [0.3, 0.4) is 0 Å². The zero-order valence-corrected chi connectivity index (χ0v) is 13.3. The molecule has 5 heteroatoms. The van der Waals surface area contributed by atoms with E-state index in [0.717, 1.165) is 5.56 Å². The second-order valence-electron chi connectivity index (χ2n) is 5.84. The molecule has 0 spiro atoms. The summed E-state index contributed by atoms with van der Waals surface area (Å²) in [4.78, 5) is 25.1. The molecule has 1 aromatic rings. The van der Waals surface area contributed by atoms with E-state index in [1.165, 1.54) is 11.8 Å². The number of carbonyl (C=O) groups excluding carboxylic acids is 2. The van der Waals surface area contributed by atoms with Crippen molar-refractivity contribution >= 4 is 29.1 Å². The van der Waals surface area contributed by atoms with Gasteiger partial charge < -0.3 is 10.2 Å². The number of anilines is 1. The summed E-state index contributed by atoms with van der Waals surface area (Å²) in [5, 5.41) is 3.41. The Labute approximate surface area is 125 Å². The second kappa shape index (κ2) is 6.27.